The summed E-state index contributed by atoms with van der Waals surface area (Å²) in [7, 11) is 0. The Bertz CT molecular complexity index is 522. The van der Waals surface area contributed by atoms with Crippen molar-refractivity contribution in [1.29, 1.82) is 0 Å². The Hall–Kier alpha value is -1.62. The first-order valence-electron chi connectivity index (χ1n) is 6.90. The third-order valence-electron chi connectivity index (χ3n) is 3.81. The lowest BCUT2D eigenvalue weighted by atomic mass is 9.97. The van der Waals surface area contributed by atoms with Crippen LogP contribution in [0.3, 0.4) is 0 Å². The van der Waals surface area contributed by atoms with Crippen LogP contribution in [-0.4, -0.2) is 29.0 Å². The zero-order chi connectivity index (χ0) is 14.7. The molecule has 0 aliphatic carbocycles. The molecule has 0 atom stereocenters. The van der Waals surface area contributed by atoms with Gasteiger partial charge in [0, 0.05) is 24.7 Å². The zero-order valence-corrected chi connectivity index (χ0v) is 12.8. The van der Waals surface area contributed by atoms with Crippen LogP contribution < -0.4 is 11.1 Å². The van der Waals surface area contributed by atoms with Gasteiger partial charge >= 0.3 is 0 Å². The van der Waals surface area contributed by atoms with Crippen molar-refractivity contribution in [2.75, 3.05) is 18.4 Å². The first-order valence-corrected chi connectivity index (χ1v) is 7.30. The fourth-order valence-corrected chi connectivity index (χ4v) is 2.81. The minimum Gasteiger partial charge on any atom is -0.369 e. The van der Waals surface area contributed by atoms with E-state index < -0.39 is 0 Å². The number of piperidine rings is 1. The van der Waals surface area contributed by atoms with E-state index in [2.05, 4.69) is 36.2 Å². The number of benzene rings is 1. The van der Waals surface area contributed by atoms with Crippen LogP contribution in [-0.2, 0) is 4.79 Å². The maximum Gasteiger partial charge on any atom is 0.220 e. The summed E-state index contributed by atoms with van der Waals surface area (Å²) in [5.41, 5.74) is 8.80. The summed E-state index contributed by atoms with van der Waals surface area (Å²) in [6, 6.07) is 6.24. The van der Waals surface area contributed by atoms with Crippen LogP contribution in [0.4, 0.5) is 5.69 Å². The Kier molecular flexibility index (Phi) is 4.60. The highest BCUT2D eigenvalue weighted by Gasteiger charge is 2.24. The van der Waals surface area contributed by atoms with Crippen LogP contribution in [0.2, 0.25) is 0 Å². The topological polar surface area (TPSA) is 58.4 Å². The van der Waals surface area contributed by atoms with Gasteiger partial charge in [-0.05, 0) is 50.5 Å². The molecule has 5 heteroatoms. The minimum atomic E-state index is -0.196. The number of nitrogens with two attached hydrogens (primary N) is 1. The van der Waals surface area contributed by atoms with Gasteiger partial charge in [0.2, 0.25) is 5.91 Å². The van der Waals surface area contributed by atoms with Crippen molar-refractivity contribution in [3.63, 3.8) is 0 Å². The molecular formula is C15H21N3OS. The van der Waals surface area contributed by atoms with Crippen molar-refractivity contribution in [2.24, 2.45) is 11.7 Å². The summed E-state index contributed by atoms with van der Waals surface area (Å²) in [6.45, 7) is 5.70. The van der Waals surface area contributed by atoms with Gasteiger partial charge < -0.3 is 16.0 Å². The number of aryl methyl sites for hydroxylation is 2. The van der Waals surface area contributed by atoms with E-state index in [0.29, 0.717) is 0 Å². The largest absolute Gasteiger partial charge is 0.369 e. The van der Waals surface area contributed by atoms with Crippen LogP contribution in [0, 0.1) is 19.8 Å². The Morgan fingerprint density at radius 3 is 2.55 bits per heavy atom. The summed E-state index contributed by atoms with van der Waals surface area (Å²) in [5, 5.41) is 4.01. The fourth-order valence-electron chi connectivity index (χ4n) is 2.52. The van der Waals surface area contributed by atoms with Crippen molar-refractivity contribution < 1.29 is 4.79 Å². The van der Waals surface area contributed by atoms with Crippen molar-refractivity contribution in [3.05, 3.63) is 29.3 Å². The molecule has 0 radical (unpaired) electrons. The highest BCUT2D eigenvalue weighted by Crippen LogP contribution is 2.20. The lowest BCUT2D eigenvalue weighted by molar-refractivity contribution is -0.122. The molecule has 1 aromatic carbocycles. The summed E-state index contributed by atoms with van der Waals surface area (Å²) >= 11 is 5.45. The van der Waals surface area contributed by atoms with E-state index in [1.807, 2.05) is 6.07 Å². The average molecular weight is 291 g/mol. The van der Waals surface area contributed by atoms with Crippen molar-refractivity contribution in [1.82, 2.24) is 4.90 Å². The average Bonchev–Trinajstić information content (AvgIpc) is 2.42. The maximum atomic E-state index is 11.2. The number of anilines is 1. The number of carbonyl (C=O) groups excluding carboxylic acids is 1. The fraction of sp³-hybridized carbons (Fsp3) is 0.467. The van der Waals surface area contributed by atoms with E-state index in [1.54, 1.807) is 0 Å². The Morgan fingerprint density at radius 1 is 1.35 bits per heavy atom. The highest BCUT2D eigenvalue weighted by atomic mass is 32.1. The number of hydrogen-bond donors (Lipinski definition) is 2. The van der Waals surface area contributed by atoms with Crippen molar-refractivity contribution in [2.45, 2.75) is 26.7 Å². The molecule has 1 amide bonds. The van der Waals surface area contributed by atoms with Crippen LogP contribution in [0.5, 0.6) is 0 Å². The highest BCUT2D eigenvalue weighted by molar-refractivity contribution is 7.80. The van der Waals surface area contributed by atoms with Gasteiger partial charge in [-0.15, -0.1) is 0 Å². The molecule has 0 unspecified atom stereocenters. The molecule has 1 aromatic rings. The zero-order valence-electron chi connectivity index (χ0n) is 12.0. The van der Waals surface area contributed by atoms with Crippen molar-refractivity contribution in [3.8, 4) is 0 Å². The SMILES string of the molecule is Cc1ccc(NC(=S)N2CCC(C(N)=O)CC2)c(C)c1. The molecular weight excluding hydrogens is 270 g/mol. The molecule has 3 N–H and O–H groups in total. The van der Waals surface area contributed by atoms with Crippen LogP contribution in [0.15, 0.2) is 18.2 Å². The summed E-state index contributed by atoms with van der Waals surface area (Å²) in [6.07, 6.45) is 1.56. The van der Waals surface area contributed by atoms with Gasteiger partial charge in [0.25, 0.3) is 0 Å². The van der Waals surface area contributed by atoms with E-state index in [9.17, 15) is 4.79 Å². The number of nitrogens with zero attached hydrogens (tertiary/aromatic N) is 1. The standard InChI is InChI=1S/C15H21N3OS/c1-10-3-4-13(11(2)9-10)17-15(20)18-7-5-12(6-8-18)14(16)19/h3-4,9,12H,5-8H2,1-2H3,(H2,16,19)(H,17,20). The molecule has 0 aromatic heterocycles. The Morgan fingerprint density at radius 2 is 2.00 bits per heavy atom. The predicted molar refractivity (Wildman–Crippen MR) is 85.6 cm³/mol. The number of rotatable bonds is 2. The third kappa shape index (κ3) is 3.48. The van der Waals surface area contributed by atoms with Gasteiger partial charge in [0.15, 0.2) is 5.11 Å². The lowest BCUT2D eigenvalue weighted by Gasteiger charge is -2.32. The minimum absolute atomic E-state index is 0.00448. The van der Waals surface area contributed by atoms with Crippen LogP contribution >= 0.6 is 12.2 Å². The van der Waals surface area contributed by atoms with E-state index in [-0.39, 0.29) is 11.8 Å². The number of carbonyl (C=O) groups is 1. The number of likely N-dealkylation sites (tertiary alicyclic amines) is 1. The van der Waals surface area contributed by atoms with E-state index in [1.165, 1.54) is 11.1 Å². The van der Waals surface area contributed by atoms with Gasteiger partial charge in [0.1, 0.15) is 0 Å². The first kappa shape index (κ1) is 14.8. The molecule has 1 aliphatic heterocycles. The van der Waals surface area contributed by atoms with Gasteiger partial charge in [-0.25, -0.2) is 0 Å². The monoisotopic (exact) mass is 291 g/mol. The van der Waals surface area contributed by atoms with Gasteiger partial charge in [-0.1, -0.05) is 17.7 Å². The second-order valence-corrected chi connectivity index (χ2v) is 5.80. The van der Waals surface area contributed by atoms with E-state index in [0.717, 1.165) is 36.7 Å². The Labute approximate surface area is 125 Å². The van der Waals surface area contributed by atoms with Crippen LogP contribution in [0.1, 0.15) is 24.0 Å². The molecule has 1 heterocycles. The first-order chi connectivity index (χ1) is 9.47. The molecule has 0 spiro atoms. The number of amides is 1. The molecule has 1 aliphatic rings. The quantitative estimate of drug-likeness (QED) is 0.820. The molecule has 20 heavy (non-hydrogen) atoms. The molecule has 1 saturated heterocycles. The summed E-state index contributed by atoms with van der Waals surface area (Å²) in [4.78, 5) is 13.3. The molecule has 2 rings (SSSR count). The van der Waals surface area contributed by atoms with Gasteiger partial charge in [0.05, 0.1) is 0 Å². The smallest absolute Gasteiger partial charge is 0.220 e. The number of thiocarbonyl (C=S) groups is 1. The molecule has 0 saturated carbocycles. The normalized spacial score (nSPS) is 16.0. The molecule has 4 nitrogen and oxygen atoms in total. The number of hydrogen-bond acceptors (Lipinski definition) is 2. The molecule has 0 bridgehead atoms. The predicted octanol–water partition coefficient (Wildman–Crippen LogP) is 2.20. The van der Waals surface area contributed by atoms with Crippen LogP contribution in [0.25, 0.3) is 0 Å². The number of primary amides is 1. The Balaban J connectivity index is 1.94. The molecule has 108 valence electrons. The number of nitrogens with one attached hydrogen (secondary N) is 1. The third-order valence-corrected chi connectivity index (χ3v) is 4.17. The van der Waals surface area contributed by atoms with E-state index in [4.69, 9.17) is 18.0 Å². The van der Waals surface area contributed by atoms with Crippen molar-refractivity contribution >= 4 is 28.9 Å². The summed E-state index contributed by atoms with van der Waals surface area (Å²) in [5.74, 6) is -0.201. The second kappa shape index (κ2) is 6.22. The second-order valence-electron chi connectivity index (χ2n) is 5.41. The van der Waals surface area contributed by atoms with Gasteiger partial charge in [-0.3, -0.25) is 4.79 Å². The van der Waals surface area contributed by atoms with E-state index >= 15 is 0 Å². The maximum absolute atomic E-state index is 11.2. The summed E-state index contributed by atoms with van der Waals surface area (Å²) < 4.78 is 0. The van der Waals surface area contributed by atoms with Gasteiger partial charge in [-0.2, -0.15) is 0 Å². The lowest BCUT2D eigenvalue weighted by Crippen LogP contribution is -2.43. The molecule has 1 fully saturated rings.